The number of thioether (sulfide) groups is 1. The normalized spacial score (nSPS) is 15.3. The van der Waals surface area contributed by atoms with Gasteiger partial charge >= 0.3 is 0 Å². The van der Waals surface area contributed by atoms with Crippen LogP contribution in [0.3, 0.4) is 0 Å². The molecule has 0 aromatic heterocycles. The monoisotopic (exact) mass is 445 g/mol. The Hall–Kier alpha value is -2.46. The first kappa shape index (κ1) is 22.7. The third-order valence-corrected chi connectivity index (χ3v) is 7.78. The van der Waals surface area contributed by atoms with Crippen molar-refractivity contribution in [2.24, 2.45) is 4.99 Å². The van der Waals surface area contributed by atoms with E-state index in [9.17, 15) is 0 Å². The Labute approximate surface area is 197 Å². The van der Waals surface area contributed by atoms with Crippen LogP contribution in [0, 0.1) is 13.8 Å². The topological polar surface area (TPSA) is 27.6 Å². The van der Waals surface area contributed by atoms with Crippen molar-refractivity contribution in [1.82, 2.24) is 10.2 Å². The minimum absolute atomic E-state index is 0.836. The molecule has 2 aromatic rings. The molecule has 0 saturated carbocycles. The minimum Gasteiger partial charge on any atom is -0.366 e. The lowest BCUT2D eigenvalue weighted by atomic mass is 9.87. The summed E-state index contributed by atoms with van der Waals surface area (Å²) in [6, 6.07) is 11.7. The molecule has 0 atom stereocenters. The molecular formula is C28H35N3S. The van der Waals surface area contributed by atoms with Gasteiger partial charge in [0.1, 0.15) is 0 Å². The molecule has 1 heterocycles. The number of hydrogen-bond donors (Lipinski definition) is 1. The highest BCUT2D eigenvalue weighted by Crippen LogP contribution is 2.37. The number of aryl methyl sites for hydroxylation is 4. The first-order chi connectivity index (χ1) is 15.4. The Kier molecular flexibility index (Phi) is 7.10. The van der Waals surface area contributed by atoms with Gasteiger partial charge in [-0.05, 0) is 91.3 Å². The van der Waals surface area contributed by atoms with Crippen LogP contribution in [0.25, 0.3) is 4.91 Å². The van der Waals surface area contributed by atoms with E-state index < -0.39 is 0 Å². The Balaban J connectivity index is 1.40. The molecule has 4 rings (SSSR count). The fourth-order valence-electron chi connectivity index (χ4n) is 4.32. The number of nitrogens with one attached hydrogen (secondary N) is 1. The predicted molar refractivity (Wildman–Crippen MR) is 140 cm³/mol. The van der Waals surface area contributed by atoms with Crippen LogP contribution in [0.5, 0.6) is 0 Å². The number of hydrogen-bond acceptors (Lipinski definition) is 3. The van der Waals surface area contributed by atoms with E-state index in [1.807, 2.05) is 18.1 Å². The van der Waals surface area contributed by atoms with Gasteiger partial charge in [-0.1, -0.05) is 42.1 Å². The number of benzene rings is 2. The highest BCUT2D eigenvalue weighted by atomic mass is 32.2. The number of aliphatic imine (C=N–C) groups is 1. The number of fused-ring (bicyclic) bond motifs is 1. The zero-order valence-electron chi connectivity index (χ0n) is 20.1. The minimum atomic E-state index is 0.836. The molecule has 0 amide bonds. The number of nitrogens with zero attached hydrogens (tertiary/aromatic N) is 2. The molecule has 0 fully saturated rings. The Morgan fingerprint density at radius 2 is 1.78 bits per heavy atom. The van der Waals surface area contributed by atoms with Crippen LogP contribution in [0.15, 0.2) is 52.1 Å². The summed E-state index contributed by atoms with van der Waals surface area (Å²) in [5.41, 5.74) is 12.5. The lowest BCUT2D eigenvalue weighted by Gasteiger charge is -2.24. The Morgan fingerprint density at radius 3 is 2.47 bits per heavy atom. The van der Waals surface area contributed by atoms with Crippen LogP contribution in [0.1, 0.15) is 52.8 Å². The highest BCUT2D eigenvalue weighted by Gasteiger charge is 2.18. The van der Waals surface area contributed by atoms with Gasteiger partial charge in [0.05, 0.1) is 6.34 Å². The van der Waals surface area contributed by atoms with Gasteiger partial charge in [-0.25, -0.2) is 0 Å². The molecule has 0 spiro atoms. The second kappa shape index (κ2) is 9.99. The van der Waals surface area contributed by atoms with E-state index in [4.69, 9.17) is 0 Å². The molecule has 168 valence electrons. The van der Waals surface area contributed by atoms with Gasteiger partial charge in [0.25, 0.3) is 0 Å². The van der Waals surface area contributed by atoms with Gasteiger partial charge in [0.15, 0.2) is 0 Å². The molecule has 2 aromatic carbocycles. The van der Waals surface area contributed by atoms with E-state index in [0.717, 1.165) is 25.9 Å². The van der Waals surface area contributed by atoms with Gasteiger partial charge in [0, 0.05) is 42.9 Å². The fraction of sp³-hybridized carbons (Fsp3) is 0.393. The summed E-state index contributed by atoms with van der Waals surface area (Å²) in [7, 11) is 2.06. The molecule has 2 aliphatic rings. The summed E-state index contributed by atoms with van der Waals surface area (Å²) >= 11 is 1.86. The van der Waals surface area contributed by atoms with Crippen molar-refractivity contribution in [1.29, 1.82) is 0 Å². The maximum absolute atomic E-state index is 4.55. The summed E-state index contributed by atoms with van der Waals surface area (Å²) in [4.78, 5) is 8.01. The molecule has 1 aliphatic heterocycles. The molecule has 4 heteroatoms. The van der Waals surface area contributed by atoms with Crippen LogP contribution in [0.4, 0.5) is 0 Å². The van der Waals surface area contributed by atoms with Gasteiger partial charge in [-0.2, -0.15) is 0 Å². The zero-order chi connectivity index (χ0) is 22.7. The predicted octanol–water partition coefficient (Wildman–Crippen LogP) is 6.03. The maximum atomic E-state index is 4.55. The van der Waals surface area contributed by atoms with Crippen molar-refractivity contribution in [2.45, 2.75) is 53.4 Å². The lowest BCUT2D eigenvalue weighted by Crippen LogP contribution is -2.17. The van der Waals surface area contributed by atoms with Crippen molar-refractivity contribution in [3.8, 4) is 0 Å². The van der Waals surface area contributed by atoms with E-state index in [-0.39, 0.29) is 0 Å². The second-order valence-electron chi connectivity index (χ2n) is 9.05. The second-order valence-corrected chi connectivity index (χ2v) is 9.93. The van der Waals surface area contributed by atoms with E-state index >= 15 is 0 Å². The van der Waals surface area contributed by atoms with Gasteiger partial charge in [-0.3, -0.25) is 4.99 Å². The Bertz CT molecular complexity index is 1090. The molecule has 32 heavy (non-hydrogen) atoms. The van der Waals surface area contributed by atoms with Crippen molar-refractivity contribution in [2.75, 3.05) is 20.1 Å². The molecule has 0 unspecified atom stereocenters. The third-order valence-electron chi connectivity index (χ3n) is 6.60. The standard InChI is InChI=1S/C28H35N3S/c1-6-31(5)18-29-12-11-23-13-20(3)26(14-19(23)2)16-27-17-32-28(21(4)30-27)25-10-8-22-7-9-24(22)15-25/h8,10,13-15,17-18,30H,6-7,9,11-12,16H2,1-5H3. The molecular weight excluding hydrogens is 410 g/mol. The molecule has 1 N–H and O–H groups in total. The van der Waals surface area contributed by atoms with Gasteiger partial charge in [0.2, 0.25) is 0 Å². The Morgan fingerprint density at radius 1 is 1.03 bits per heavy atom. The zero-order valence-corrected chi connectivity index (χ0v) is 20.9. The number of allylic oxidation sites excluding steroid dienone is 2. The van der Waals surface area contributed by atoms with Crippen LogP contribution in [-0.4, -0.2) is 31.4 Å². The van der Waals surface area contributed by atoms with Crippen molar-refractivity contribution in [3.63, 3.8) is 0 Å². The van der Waals surface area contributed by atoms with Crippen LogP contribution in [0.2, 0.25) is 0 Å². The maximum Gasteiger partial charge on any atom is 0.0847 e. The summed E-state index contributed by atoms with van der Waals surface area (Å²) in [6.45, 7) is 10.6. The lowest BCUT2D eigenvalue weighted by molar-refractivity contribution is 0.549. The van der Waals surface area contributed by atoms with E-state index in [1.54, 1.807) is 0 Å². The third kappa shape index (κ3) is 5.12. The van der Waals surface area contributed by atoms with Crippen LogP contribution < -0.4 is 5.32 Å². The molecule has 0 saturated heterocycles. The smallest absolute Gasteiger partial charge is 0.0847 e. The van der Waals surface area contributed by atoms with E-state index in [0.29, 0.717) is 0 Å². The quantitative estimate of drug-likeness (QED) is 0.397. The first-order valence-electron chi connectivity index (χ1n) is 11.7. The fourth-order valence-corrected chi connectivity index (χ4v) is 5.21. The van der Waals surface area contributed by atoms with Crippen molar-refractivity contribution in [3.05, 3.63) is 86.1 Å². The summed E-state index contributed by atoms with van der Waals surface area (Å²) in [5.74, 6) is 0. The van der Waals surface area contributed by atoms with E-state index in [1.165, 1.54) is 68.1 Å². The molecule has 0 bridgehead atoms. The highest BCUT2D eigenvalue weighted by molar-refractivity contribution is 8.11. The van der Waals surface area contributed by atoms with Gasteiger partial charge < -0.3 is 10.2 Å². The first-order valence-corrected chi connectivity index (χ1v) is 12.6. The largest absolute Gasteiger partial charge is 0.366 e. The molecule has 3 nitrogen and oxygen atoms in total. The van der Waals surface area contributed by atoms with Crippen LogP contribution in [-0.2, 0) is 25.7 Å². The molecule has 1 aliphatic carbocycles. The summed E-state index contributed by atoms with van der Waals surface area (Å²) in [6.07, 6.45) is 6.34. The van der Waals surface area contributed by atoms with Crippen LogP contribution >= 0.6 is 11.8 Å². The number of rotatable bonds is 8. The van der Waals surface area contributed by atoms with Crippen molar-refractivity contribution < 1.29 is 0 Å². The SMILES string of the molecule is CCN(C)C=NCCc1cc(C)c(CC2=CSC(c3ccc4c(c3)CC4)=C(C)N2)cc1C. The van der Waals surface area contributed by atoms with Gasteiger partial charge in [-0.15, -0.1) is 0 Å². The average Bonchev–Trinajstić information content (AvgIpc) is 2.75. The molecule has 0 radical (unpaired) electrons. The summed E-state index contributed by atoms with van der Waals surface area (Å²) in [5, 5.41) is 5.98. The average molecular weight is 446 g/mol. The van der Waals surface area contributed by atoms with Crippen molar-refractivity contribution >= 4 is 23.0 Å². The summed E-state index contributed by atoms with van der Waals surface area (Å²) < 4.78 is 0. The van der Waals surface area contributed by atoms with E-state index in [2.05, 4.69) is 85.7 Å².